The lowest BCUT2D eigenvalue weighted by atomic mass is 9.95. The summed E-state index contributed by atoms with van der Waals surface area (Å²) in [6.07, 6.45) is 5.45. The van der Waals surface area contributed by atoms with E-state index in [4.69, 9.17) is 4.74 Å². The standard InChI is InChI=1S/C14H19NO2S/c1-10(2)17-12-7-11(8-15-9-12)13(16)14(3)5-4-6-18-14/h7-10H,4-6H2,1-3H3. The van der Waals surface area contributed by atoms with Crippen molar-refractivity contribution in [2.24, 2.45) is 0 Å². The Labute approximate surface area is 112 Å². The van der Waals surface area contributed by atoms with Crippen LogP contribution >= 0.6 is 11.8 Å². The molecule has 2 rings (SSSR count). The fourth-order valence-corrected chi connectivity index (χ4v) is 3.42. The van der Waals surface area contributed by atoms with Crippen molar-refractivity contribution < 1.29 is 9.53 Å². The first-order valence-corrected chi connectivity index (χ1v) is 7.30. The smallest absolute Gasteiger partial charge is 0.180 e. The van der Waals surface area contributed by atoms with E-state index in [1.807, 2.05) is 20.8 Å². The molecule has 4 heteroatoms. The van der Waals surface area contributed by atoms with Crippen molar-refractivity contribution in [3.8, 4) is 5.75 Å². The van der Waals surface area contributed by atoms with Crippen molar-refractivity contribution in [1.29, 1.82) is 0 Å². The number of rotatable bonds is 4. The maximum Gasteiger partial charge on any atom is 0.180 e. The number of carbonyl (C=O) groups excluding carboxylic acids is 1. The lowest BCUT2D eigenvalue weighted by Gasteiger charge is -2.21. The minimum absolute atomic E-state index is 0.0913. The van der Waals surface area contributed by atoms with Crippen LogP contribution < -0.4 is 4.74 Å². The van der Waals surface area contributed by atoms with Crippen LogP contribution in [0.3, 0.4) is 0 Å². The average molecular weight is 265 g/mol. The molecular weight excluding hydrogens is 246 g/mol. The number of aromatic nitrogens is 1. The van der Waals surface area contributed by atoms with Gasteiger partial charge in [0.1, 0.15) is 5.75 Å². The molecule has 3 nitrogen and oxygen atoms in total. The molecule has 1 aromatic rings. The third-order valence-corrected chi connectivity index (χ3v) is 4.57. The zero-order chi connectivity index (χ0) is 13.2. The number of hydrogen-bond donors (Lipinski definition) is 0. The van der Waals surface area contributed by atoms with E-state index in [1.165, 1.54) is 0 Å². The van der Waals surface area contributed by atoms with E-state index >= 15 is 0 Å². The summed E-state index contributed by atoms with van der Waals surface area (Å²) in [6, 6.07) is 1.81. The minimum atomic E-state index is -0.280. The highest BCUT2D eigenvalue weighted by atomic mass is 32.2. The second kappa shape index (κ2) is 5.31. The summed E-state index contributed by atoms with van der Waals surface area (Å²) in [7, 11) is 0. The average Bonchev–Trinajstić information content (AvgIpc) is 2.76. The van der Waals surface area contributed by atoms with Crippen molar-refractivity contribution in [3.05, 3.63) is 24.0 Å². The molecule has 1 saturated heterocycles. The van der Waals surface area contributed by atoms with Crippen molar-refractivity contribution in [2.45, 2.75) is 44.5 Å². The van der Waals surface area contributed by atoms with Gasteiger partial charge in [-0.15, -0.1) is 11.8 Å². The molecule has 0 bridgehead atoms. The Morgan fingerprint density at radius 3 is 2.89 bits per heavy atom. The molecular formula is C14H19NO2S. The second-order valence-corrected chi connectivity index (χ2v) is 6.69. The Balaban J connectivity index is 2.20. The van der Waals surface area contributed by atoms with Crippen molar-refractivity contribution in [3.63, 3.8) is 0 Å². The predicted octanol–water partition coefficient (Wildman–Crippen LogP) is 3.34. The molecule has 0 radical (unpaired) electrons. The Hall–Kier alpha value is -1.03. The summed E-state index contributed by atoms with van der Waals surface area (Å²) in [4.78, 5) is 16.6. The van der Waals surface area contributed by atoms with Crippen LogP contribution in [0.15, 0.2) is 18.5 Å². The van der Waals surface area contributed by atoms with Gasteiger partial charge in [0.15, 0.2) is 5.78 Å². The zero-order valence-electron chi connectivity index (χ0n) is 11.1. The van der Waals surface area contributed by atoms with Crippen LogP contribution in [0.5, 0.6) is 5.75 Å². The highest BCUT2D eigenvalue weighted by Crippen LogP contribution is 2.40. The van der Waals surface area contributed by atoms with Crippen molar-refractivity contribution in [2.75, 3.05) is 5.75 Å². The van der Waals surface area contributed by atoms with Crippen LogP contribution in [0.25, 0.3) is 0 Å². The SMILES string of the molecule is CC(C)Oc1cncc(C(=O)C2(C)CCCS2)c1. The van der Waals surface area contributed by atoms with E-state index in [2.05, 4.69) is 4.98 Å². The summed E-state index contributed by atoms with van der Waals surface area (Å²) in [5.74, 6) is 1.91. The number of ketones is 1. The van der Waals surface area contributed by atoms with Crippen LogP contribution in [0, 0.1) is 0 Å². The topological polar surface area (TPSA) is 39.2 Å². The molecule has 1 atom stereocenters. The third-order valence-electron chi connectivity index (χ3n) is 3.05. The fourth-order valence-electron chi connectivity index (χ4n) is 2.14. The molecule has 1 aliphatic heterocycles. The normalized spacial score (nSPS) is 23.3. The lowest BCUT2D eigenvalue weighted by molar-refractivity contribution is 0.0948. The van der Waals surface area contributed by atoms with E-state index < -0.39 is 0 Å². The van der Waals surface area contributed by atoms with Gasteiger partial charge in [0.2, 0.25) is 0 Å². The first kappa shape index (κ1) is 13.4. The Morgan fingerprint density at radius 2 is 2.28 bits per heavy atom. The summed E-state index contributed by atoms with van der Waals surface area (Å²) in [5.41, 5.74) is 0.657. The second-order valence-electron chi connectivity index (χ2n) is 5.09. The Kier molecular flexibility index (Phi) is 3.95. The molecule has 0 spiro atoms. The molecule has 98 valence electrons. The first-order chi connectivity index (χ1) is 8.51. The highest BCUT2D eigenvalue weighted by molar-refractivity contribution is 8.01. The number of thioether (sulfide) groups is 1. The monoisotopic (exact) mass is 265 g/mol. The Morgan fingerprint density at radius 1 is 1.50 bits per heavy atom. The molecule has 1 aromatic heterocycles. The highest BCUT2D eigenvalue weighted by Gasteiger charge is 2.37. The minimum Gasteiger partial charge on any atom is -0.489 e. The molecule has 18 heavy (non-hydrogen) atoms. The molecule has 1 unspecified atom stereocenters. The molecule has 0 saturated carbocycles. The number of hydrogen-bond acceptors (Lipinski definition) is 4. The maximum absolute atomic E-state index is 12.5. The Bertz CT molecular complexity index is 439. The number of nitrogens with zero attached hydrogens (tertiary/aromatic N) is 1. The van der Waals surface area contributed by atoms with Crippen LogP contribution in [0.1, 0.15) is 44.0 Å². The van der Waals surface area contributed by atoms with E-state index in [1.54, 1.807) is 30.2 Å². The molecule has 1 aliphatic rings. The van der Waals surface area contributed by atoms with Gasteiger partial charge in [0, 0.05) is 11.8 Å². The van der Waals surface area contributed by atoms with Gasteiger partial charge in [-0.25, -0.2) is 0 Å². The van der Waals surface area contributed by atoms with Gasteiger partial charge in [-0.05, 0) is 45.4 Å². The molecule has 1 fully saturated rings. The van der Waals surface area contributed by atoms with Crippen LogP contribution in [0.4, 0.5) is 0 Å². The van der Waals surface area contributed by atoms with Crippen LogP contribution in [-0.2, 0) is 0 Å². The summed E-state index contributed by atoms with van der Waals surface area (Å²) >= 11 is 1.75. The molecule has 0 aliphatic carbocycles. The lowest BCUT2D eigenvalue weighted by Crippen LogP contribution is -2.28. The van der Waals surface area contributed by atoms with Gasteiger partial charge in [0.05, 0.1) is 17.0 Å². The van der Waals surface area contributed by atoms with Crippen LogP contribution in [0.2, 0.25) is 0 Å². The van der Waals surface area contributed by atoms with Crippen LogP contribution in [-0.4, -0.2) is 27.4 Å². The van der Waals surface area contributed by atoms with E-state index in [0.717, 1.165) is 18.6 Å². The summed E-state index contributed by atoms with van der Waals surface area (Å²) in [5, 5.41) is 0. The van der Waals surface area contributed by atoms with Gasteiger partial charge < -0.3 is 4.74 Å². The quantitative estimate of drug-likeness (QED) is 0.783. The first-order valence-electron chi connectivity index (χ1n) is 6.32. The fraction of sp³-hybridized carbons (Fsp3) is 0.571. The summed E-state index contributed by atoms with van der Waals surface area (Å²) in [6.45, 7) is 5.95. The van der Waals surface area contributed by atoms with Gasteiger partial charge in [-0.3, -0.25) is 9.78 Å². The zero-order valence-corrected chi connectivity index (χ0v) is 11.9. The maximum atomic E-state index is 12.5. The van der Waals surface area contributed by atoms with Crippen molar-refractivity contribution in [1.82, 2.24) is 4.98 Å². The molecule has 0 aromatic carbocycles. The van der Waals surface area contributed by atoms with E-state index in [0.29, 0.717) is 11.3 Å². The number of ether oxygens (including phenoxy) is 1. The molecule has 2 heterocycles. The molecule has 0 N–H and O–H groups in total. The van der Waals surface area contributed by atoms with Gasteiger partial charge in [-0.1, -0.05) is 0 Å². The van der Waals surface area contributed by atoms with Crippen molar-refractivity contribution >= 4 is 17.5 Å². The van der Waals surface area contributed by atoms with E-state index in [9.17, 15) is 4.79 Å². The predicted molar refractivity (Wildman–Crippen MR) is 74.4 cm³/mol. The summed E-state index contributed by atoms with van der Waals surface area (Å²) < 4.78 is 5.30. The molecule has 0 amide bonds. The van der Waals surface area contributed by atoms with Gasteiger partial charge in [-0.2, -0.15) is 0 Å². The largest absolute Gasteiger partial charge is 0.489 e. The van der Waals surface area contributed by atoms with Gasteiger partial charge in [0.25, 0.3) is 0 Å². The van der Waals surface area contributed by atoms with E-state index in [-0.39, 0.29) is 16.6 Å². The number of carbonyl (C=O) groups is 1. The van der Waals surface area contributed by atoms with Gasteiger partial charge >= 0.3 is 0 Å². The number of Topliss-reactive ketones (excluding diaryl/α,β-unsaturated/α-hetero) is 1. The third kappa shape index (κ3) is 2.86. The number of pyridine rings is 1.